The van der Waals surface area contributed by atoms with E-state index in [2.05, 4.69) is 15.6 Å². The lowest BCUT2D eigenvalue weighted by atomic mass is 10.3. The van der Waals surface area contributed by atoms with Gasteiger partial charge in [-0.3, -0.25) is 9.59 Å². The van der Waals surface area contributed by atoms with Gasteiger partial charge in [-0.1, -0.05) is 5.21 Å². The van der Waals surface area contributed by atoms with Gasteiger partial charge >= 0.3 is 5.97 Å². The van der Waals surface area contributed by atoms with Crippen LogP contribution in [-0.4, -0.2) is 39.0 Å². The predicted molar refractivity (Wildman–Crippen MR) is 45.4 cm³/mol. The van der Waals surface area contributed by atoms with Crippen molar-refractivity contribution in [3.63, 3.8) is 0 Å². The second-order valence-electron chi connectivity index (χ2n) is 2.65. The standard InChI is InChI=1S/C7H10N4O3/c1-8-6(12)4-11-3-5(9-10-11)2-7(13)14/h3H,2,4H2,1H3,(H,8,12)(H,13,14). The normalized spacial score (nSPS) is 9.79. The molecule has 0 fully saturated rings. The Bertz CT molecular complexity index is 346. The van der Waals surface area contributed by atoms with E-state index in [1.165, 1.54) is 17.9 Å². The summed E-state index contributed by atoms with van der Waals surface area (Å²) in [5.41, 5.74) is 0.335. The average molecular weight is 198 g/mol. The third-order valence-electron chi connectivity index (χ3n) is 1.50. The maximum Gasteiger partial charge on any atom is 0.309 e. The molecule has 7 nitrogen and oxygen atoms in total. The van der Waals surface area contributed by atoms with Crippen LogP contribution in [0.3, 0.4) is 0 Å². The molecule has 0 aliphatic carbocycles. The Morgan fingerprint density at radius 2 is 2.36 bits per heavy atom. The Balaban J connectivity index is 2.59. The number of aliphatic carboxylic acids is 1. The second kappa shape index (κ2) is 4.35. The first-order valence-corrected chi connectivity index (χ1v) is 3.93. The van der Waals surface area contributed by atoms with Gasteiger partial charge < -0.3 is 10.4 Å². The SMILES string of the molecule is CNC(=O)Cn1cc(CC(=O)O)nn1. The molecule has 0 unspecified atom stereocenters. The number of nitrogens with zero attached hydrogens (tertiary/aromatic N) is 3. The van der Waals surface area contributed by atoms with Gasteiger partial charge in [0.25, 0.3) is 0 Å². The van der Waals surface area contributed by atoms with E-state index in [4.69, 9.17) is 5.11 Å². The van der Waals surface area contributed by atoms with Crippen LogP contribution in [-0.2, 0) is 22.6 Å². The van der Waals surface area contributed by atoms with Crippen LogP contribution >= 0.6 is 0 Å². The minimum Gasteiger partial charge on any atom is -0.481 e. The molecule has 7 heteroatoms. The zero-order valence-corrected chi connectivity index (χ0v) is 7.60. The first-order valence-electron chi connectivity index (χ1n) is 3.93. The van der Waals surface area contributed by atoms with E-state index < -0.39 is 5.97 Å². The highest BCUT2D eigenvalue weighted by atomic mass is 16.4. The fourth-order valence-electron chi connectivity index (χ4n) is 0.878. The van der Waals surface area contributed by atoms with Crippen molar-refractivity contribution in [2.45, 2.75) is 13.0 Å². The Morgan fingerprint density at radius 3 is 2.93 bits per heavy atom. The van der Waals surface area contributed by atoms with Gasteiger partial charge in [0.2, 0.25) is 5.91 Å². The number of carboxylic acid groups (broad SMARTS) is 1. The monoisotopic (exact) mass is 198 g/mol. The summed E-state index contributed by atoms with van der Waals surface area (Å²) in [7, 11) is 1.51. The van der Waals surface area contributed by atoms with Crippen LogP contribution in [0, 0.1) is 0 Å². The van der Waals surface area contributed by atoms with E-state index in [-0.39, 0.29) is 18.9 Å². The van der Waals surface area contributed by atoms with Crippen molar-refractivity contribution < 1.29 is 14.7 Å². The zero-order valence-electron chi connectivity index (χ0n) is 7.60. The van der Waals surface area contributed by atoms with Crippen molar-refractivity contribution in [2.24, 2.45) is 0 Å². The van der Waals surface area contributed by atoms with E-state index >= 15 is 0 Å². The first-order chi connectivity index (χ1) is 6.61. The number of hydrogen-bond acceptors (Lipinski definition) is 4. The summed E-state index contributed by atoms with van der Waals surface area (Å²) in [5.74, 6) is -1.19. The summed E-state index contributed by atoms with van der Waals surface area (Å²) in [6.07, 6.45) is 1.25. The molecule has 0 spiro atoms. The van der Waals surface area contributed by atoms with Crippen LogP contribution in [0.2, 0.25) is 0 Å². The highest BCUT2D eigenvalue weighted by Crippen LogP contribution is 1.94. The smallest absolute Gasteiger partial charge is 0.309 e. The van der Waals surface area contributed by atoms with Crippen molar-refractivity contribution in [1.82, 2.24) is 20.3 Å². The Labute approximate surface area is 79.7 Å². The summed E-state index contributed by atoms with van der Waals surface area (Å²) in [6.45, 7) is 0.0448. The number of amides is 1. The van der Waals surface area contributed by atoms with Crippen molar-refractivity contribution >= 4 is 11.9 Å². The van der Waals surface area contributed by atoms with E-state index in [1.807, 2.05) is 0 Å². The lowest BCUT2D eigenvalue weighted by Crippen LogP contribution is -2.23. The third kappa shape index (κ3) is 2.85. The van der Waals surface area contributed by atoms with Gasteiger partial charge in [0, 0.05) is 13.2 Å². The molecule has 1 rings (SSSR count). The Kier molecular flexibility index (Phi) is 3.16. The van der Waals surface area contributed by atoms with Crippen LogP contribution < -0.4 is 5.32 Å². The van der Waals surface area contributed by atoms with Gasteiger partial charge in [-0.05, 0) is 0 Å². The maximum atomic E-state index is 10.9. The van der Waals surface area contributed by atoms with Gasteiger partial charge in [0.1, 0.15) is 6.54 Å². The Hall–Kier alpha value is -1.92. The number of rotatable bonds is 4. The van der Waals surface area contributed by atoms with Crippen LogP contribution in [0.5, 0.6) is 0 Å². The Morgan fingerprint density at radius 1 is 1.64 bits per heavy atom. The molecule has 1 aromatic rings. The number of likely N-dealkylation sites (N-methyl/N-ethyl adjacent to an activating group) is 1. The fraction of sp³-hybridized carbons (Fsp3) is 0.429. The summed E-state index contributed by atoms with van der Waals surface area (Å²) in [6, 6.07) is 0. The fourth-order valence-corrected chi connectivity index (χ4v) is 0.878. The van der Waals surface area contributed by atoms with Gasteiger partial charge in [-0.2, -0.15) is 0 Å². The molecular formula is C7H10N4O3. The van der Waals surface area contributed by atoms with Gasteiger partial charge in [0.05, 0.1) is 12.1 Å². The number of carbonyl (C=O) groups is 2. The summed E-state index contributed by atoms with van der Waals surface area (Å²) < 4.78 is 1.29. The zero-order chi connectivity index (χ0) is 10.6. The quantitative estimate of drug-likeness (QED) is 0.623. The number of carboxylic acids is 1. The van der Waals surface area contributed by atoms with E-state index in [0.29, 0.717) is 5.69 Å². The van der Waals surface area contributed by atoms with E-state index in [9.17, 15) is 9.59 Å². The van der Waals surface area contributed by atoms with Crippen molar-refractivity contribution in [3.05, 3.63) is 11.9 Å². The molecule has 1 amide bonds. The summed E-state index contributed by atoms with van der Waals surface area (Å²) in [5, 5.41) is 18.1. The van der Waals surface area contributed by atoms with Crippen LogP contribution in [0.1, 0.15) is 5.69 Å². The van der Waals surface area contributed by atoms with Crippen molar-refractivity contribution in [1.29, 1.82) is 0 Å². The topological polar surface area (TPSA) is 97.1 Å². The molecule has 76 valence electrons. The molecule has 0 radical (unpaired) electrons. The van der Waals surface area contributed by atoms with E-state index in [0.717, 1.165) is 0 Å². The maximum absolute atomic E-state index is 10.9. The molecule has 0 aromatic carbocycles. The predicted octanol–water partition coefficient (Wildman–Crippen LogP) is -1.35. The summed E-state index contributed by atoms with van der Waals surface area (Å²) >= 11 is 0. The lowest BCUT2D eigenvalue weighted by Gasteiger charge is -1.96. The van der Waals surface area contributed by atoms with Crippen LogP contribution in [0.15, 0.2) is 6.20 Å². The first kappa shape index (κ1) is 10.2. The minimum absolute atomic E-state index is 0.0448. The van der Waals surface area contributed by atoms with Gasteiger partial charge in [-0.15, -0.1) is 5.10 Å². The number of carbonyl (C=O) groups excluding carboxylic acids is 1. The average Bonchev–Trinajstić information content (AvgIpc) is 2.51. The molecule has 0 aliphatic heterocycles. The van der Waals surface area contributed by atoms with E-state index in [1.54, 1.807) is 0 Å². The highest BCUT2D eigenvalue weighted by molar-refractivity contribution is 5.75. The molecule has 1 aromatic heterocycles. The number of nitrogens with one attached hydrogen (secondary N) is 1. The lowest BCUT2D eigenvalue weighted by molar-refractivity contribution is -0.136. The van der Waals surface area contributed by atoms with Gasteiger partial charge in [-0.25, -0.2) is 4.68 Å². The largest absolute Gasteiger partial charge is 0.481 e. The number of hydrogen-bond donors (Lipinski definition) is 2. The molecule has 1 heterocycles. The molecule has 0 aliphatic rings. The van der Waals surface area contributed by atoms with Crippen molar-refractivity contribution in [3.8, 4) is 0 Å². The van der Waals surface area contributed by atoms with Gasteiger partial charge in [0.15, 0.2) is 0 Å². The van der Waals surface area contributed by atoms with Crippen LogP contribution in [0.25, 0.3) is 0 Å². The molecule has 0 saturated carbocycles. The molecule has 0 bridgehead atoms. The van der Waals surface area contributed by atoms with Crippen LogP contribution in [0.4, 0.5) is 0 Å². The minimum atomic E-state index is -0.975. The molecular weight excluding hydrogens is 188 g/mol. The number of aromatic nitrogens is 3. The summed E-state index contributed by atoms with van der Waals surface area (Å²) in [4.78, 5) is 21.2. The molecule has 14 heavy (non-hydrogen) atoms. The second-order valence-corrected chi connectivity index (χ2v) is 2.65. The molecule has 2 N–H and O–H groups in total. The molecule has 0 saturated heterocycles. The highest BCUT2D eigenvalue weighted by Gasteiger charge is 2.07. The molecule has 0 atom stereocenters. The van der Waals surface area contributed by atoms with Crippen molar-refractivity contribution in [2.75, 3.05) is 7.05 Å². The third-order valence-corrected chi connectivity index (χ3v) is 1.50.